The second kappa shape index (κ2) is 4.56. The molecule has 6 heteroatoms. The second-order valence-corrected chi connectivity index (χ2v) is 3.48. The minimum Gasteiger partial charge on any atom is -0.418 e. The van der Waals surface area contributed by atoms with Gasteiger partial charge in [0.25, 0.3) is 0 Å². The lowest BCUT2D eigenvalue weighted by atomic mass is 10.1. The fraction of sp³-hybridized carbons (Fsp3) is 0.0833. The minimum atomic E-state index is -5.02. The van der Waals surface area contributed by atoms with Gasteiger partial charge in [0.1, 0.15) is 0 Å². The van der Waals surface area contributed by atoms with Crippen LogP contribution in [-0.4, -0.2) is 12.1 Å². The van der Waals surface area contributed by atoms with E-state index in [0.717, 1.165) is 0 Å². The number of carbonyl (C=O) groups is 1. The molecule has 94 valence electrons. The van der Waals surface area contributed by atoms with Crippen molar-refractivity contribution in [1.29, 1.82) is 0 Å². The van der Waals surface area contributed by atoms with Gasteiger partial charge in [-0.2, -0.15) is 13.2 Å². The van der Waals surface area contributed by atoms with E-state index in [2.05, 4.69) is 10.1 Å². The number of carbonyl (C=O) groups excluding carboxylic acids is 1. The van der Waals surface area contributed by atoms with E-state index >= 15 is 0 Å². The van der Waals surface area contributed by atoms with Gasteiger partial charge in [-0.15, -0.1) is 0 Å². The molecule has 1 aromatic rings. The quantitative estimate of drug-likeness (QED) is 0.784. The highest BCUT2D eigenvalue weighted by Crippen LogP contribution is 2.26. The first kappa shape index (κ1) is 12.2. The Morgan fingerprint density at radius 3 is 2.67 bits per heavy atom. The average Bonchev–Trinajstić information content (AvgIpc) is 2.51. The molecule has 0 bridgehead atoms. The van der Waals surface area contributed by atoms with E-state index in [4.69, 9.17) is 0 Å². The van der Waals surface area contributed by atoms with E-state index in [1.54, 1.807) is 30.3 Å². The molecule has 0 fully saturated rings. The molecule has 2 rings (SSSR count). The summed E-state index contributed by atoms with van der Waals surface area (Å²) in [6.45, 7) is 0. The van der Waals surface area contributed by atoms with Crippen molar-refractivity contribution >= 4 is 17.8 Å². The largest absolute Gasteiger partial charge is 0.491 e. The average molecular weight is 255 g/mol. The number of benzene rings is 1. The van der Waals surface area contributed by atoms with Crippen LogP contribution in [0.4, 0.5) is 13.2 Å². The molecule has 1 heterocycles. The Hall–Kier alpha value is -2.24. The SMILES string of the molecule is O=C(OC1=CNC=Cc2ccccc21)C(F)(F)F. The number of rotatable bonds is 1. The predicted molar refractivity (Wildman–Crippen MR) is 58.7 cm³/mol. The molecule has 18 heavy (non-hydrogen) atoms. The van der Waals surface area contributed by atoms with Crippen molar-refractivity contribution in [2.75, 3.05) is 0 Å². The molecule has 0 aliphatic carbocycles. The first-order valence-electron chi connectivity index (χ1n) is 4.99. The Balaban J connectivity index is 2.31. The number of hydrogen-bond donors (Lipinski definition) is 1. The highest BCUT2D eigenvalue weighted by Gasteiger charge is 2.42. The minimum absolute atomic E-state index is 0.169. The lowest BCUT2D eigenvalue weighted by Crippen LogP contribution is -2.25. The Bertz CT molecular complexity index is 532. The zero-order chi connectivity index (χ0) is 13.2. The molecule has 0 unspecified atom stereocenters. The Morgan fingerprint density at radius 1 is 1.22 bits per heavy atom. The van der Waals surface area contributed by atoms with Crippen LogP contribution >= 0.6 is 0 Å². The van der Waals surface area contributed by atoms with Crippen molar-refractivity contribution < 1.29 is 22.7 Å². The number of alkyl halides is 3. The number of nitrogens with one attached hydrogen (secondary N) is 1. The van der Waals surface area contributed by atoms with E-state index < -0.39 is 12.1 Å². The van der Waals surface area contributed by atoms with Gasteiger partial charge in [0, 0.05) is 18.0 Å². The van der Waals surface area contributed by atoms with Crippen molar-refractivity contribution in [1.82, 2.24) is 5.32 Å². The van der Waals surface area contributed by atoms with E-state index in [1.807, 2.05) is 0 Å². The Kier molecular flexibility index (Phi) is 3.10. The normalized spacial score (nSPS) is 14.1. The molecule has 0 radical (unpaired) electrons. The van der Waals surface area contributed by atoms with Crippen molar-refractivity contribution in [2.24, 2.45) is 0 Å². The van der Waals surface area contributed by atoms with E-state index in [9.17, 15) is 18.0 Å². The molecule has 0 saturated heterocycles. The second-order valence-electron chi connectivity index (χ2n) is 3.48. The predicted octanol–water partition coefficient (Wildman–Crippen LogP) is 2.66. The fourth-order valence-electron chi connectivity index (χ4n) is 1.45. The Morgan fingerprint density at radius 2 is 1.94 bits per heavy atom. The van der Waals surface area contributed by atoms with E-state index in [1.165, 1.54) is 12.4 Å². The van der Waals surface area contributed by atoms with Crippen LogP contribution < -0.4 is 5.32 Å². The maximum absolute atomic E-state index is 12.1. The van der Waals surface area contributed by atoms with Crippen molar-refractivity contribution in [3.63, 3.8) is 0 Å². The van der Waals surface area contributed by atoms with Gasteiger partial charge in [-0.25, -0.2) is 4.79 Å². The summed E-state index contributed by atoms with van der Waals surface area (Å²) < 4.78 is 40.8. The van der Waals surface area contributed by atoms with Crippen LogP contribution in [0.1, 0.15) is 11.1 Å². The first-order valence-corrected chi connectivity index (χ1v) is 4.99. The van der Waals surface area contributed by atoms with Gasteiger partial charge < -0.3 is 10.1 Å². The van der Waals surface area contributed by atoms with Crippen LogP contribution in [0.3, 0.4) is 0 Å². The number of esters is 1. The van der Waals surface area contributed by atoms with Crippen LogP contribution in [0.25, 0.3) is 11.8 Å². The van der Waals surface area contributed by atoms with E-state index in [0.29, 0.717) is 11.1 Å². The van der Waals surface area contributed by atoms with Gasteiger partial charge >= 0.3 is 12.1 Å². The van der Waals surface area contributed by atoms with Gasteiger partial charge in [-0.05, 0) is 11.6 Å². The highest BCUT2D eigenvalue weighted by molar-refractivity contribution is 5.84. The van der Waals surface area contributed by atoms with Gasteiger partial charge in [-0.3, -0.25) is 0 Å². The van der Waals surface area contributed by atoms with E-state index in [-0.39, 0.29) is 5.76 Å². The summed E-state index contributed by atoms with van der Waals surface area (Å²) in [6, 6.07) is 6.65. The van der Waals surface area contributed by atoms with Gasteiger partial charge in [-0.1, -0.05) is 24.3 Å². The lowest BCUT2D eigenvalue weighted by Gasteiger charge is -2.11. The molecule has 1 N–H and O–H groups in total. The molecular formula is C12H8F3NO2. The van der Waals surface area contributed by atoms with Gasteiger partial charge in [0.15, 0.2) is 5.76 Å². The van der Waals surface area contributed by atoms with Crippen molar-refractivity contribution in [3.05, 3.63) is 47.8 Å². The highest BCUT2D eigenvalue weighted by atomic mass is 19.4. The van der Waals surface area contributed by atoms with Crippen LogP contribution in [0.5, 0.6) is 0 Å². The zero-order valence-electron chi connectivity index (χ0n) is 8.99. The summed E-state index contributed by atoms with van der Waals surface area (Å²) in [7, 11) is 0. The summed E-state index contributed by atoms with van der Waals surface area (Å²) >= 11 is 0. The standard InChI is InChI=1S/C12H8F3NO2/c13-12(14,15)11(17)18-10-7-16-6-5-8-3-1-2-4-9(8)10/h1-7,16H. The smallest absolute Gasteiger partial charge is 0.418 e. The molecule has 3 nitrogen and oxygen atoms in total. The maximum atomic E-state index is 12.1. The fourth-order valence-corrected chi connectivity index (χ4v) is 1.45. The Labute approximate surface area is 101 Å². The summed E-state index contributed by atoms with van der Waals surface area (Å²) in [6.07, 6.45) is -0.616. The van der Waals surface area contributed by atoms with Gasteiger partial charge in [0.2, 0.25) is 0 Å². The molecule has 1 aliphatic rings. The molecule has 0 amide bonds. The van der Waals surface area contributed by atoms with Crippen LogP contribution in [0, 0.1) is 0 Å². The molecular weight excluding hydrogens is 247 g/mol. The summed E-state index contributed by atoms with van der Waals surface area (Å²) in [4.78, 5) is 10.8. The van der Waals surface area contributed by atoms with Gasteiger partial charge in [0.05, 0.1) is 0 Å². The first-order chi connectivity index (χ1) is 8.48. The third kappa shape index (κ3) is 2.53. The van der Waals surface area contributed by atoms with Crippen LogP contribution in [0.15, 0.2) is 36.7 Å². The number of ether oxygens (including phenoxy) is 1. The monoisotopic (exact) mass is 255 g/mol. The molecule has 1 aromatic carbocycles. The maximum Gasteiger partial charge on any atom is 0.491 e. The van der Waals surface area contributed by atoms with Crippen molar-refractivity contribution in [3.8, 4) is 0 Å². The lowest BCUT2D eigenvalue weighted by molar-refractivity contribution is -0.192. The summed E-state index contributed by atoms with van der Waals surface area (Å²) in [5.41, 5.74) is 1.07. The summed E-state index contributed by atoms with van der Waals surface area (Å²) in [5.74, 6) is -2.41. The topological polar surface area (TPSA) is 38.3 Å². The third-order valence-electron chi connectivity index (χ3n) is 2.23. The molecule has 0 saturated carbocycles. The zero-order valence-corrected chi connectivity index (χ0v) is 8.99. The molecule has 0 atom stereocenters. The number of fused-ring (bicyclic) bond motifs is 1. The summed E-state index contributed by atoms with van der Waals surface area (Å²) in [5, 5.41) is 2.61. The van der Waals surface area contributed by atoms with Crippen molar-refractivity contribution in [2.45, 2.75) is 6.18 Å². The number of halogens is 3. The molecule has 0 spiro atoms. The van der Waals surface area contributed by atoms with Crippen LogP contribution in [0.2, 0.25) is 0 Å². The van der Waals surface area contributed by atoms with Crippen LogP contribution in [-0.2, 0) is 9.53 Å². The molecule has 0 aromatic heterocycles. The molecule has 1 aliphatic heterocycles. The third-order valence-corrected chi connectivity index (χ3v) is 2.23. The number of hydrogen-bond acceptors (Lipinski definition) is 3.